The fourth-order valence-corrected chi connectivity index (χ4v) is 5.42. The molecule has 29 heavy (non-hydrogen) atoms. The highest BCUT2D eigenvalue weighted by Crippen LogP contribution is 2.51. The Morgan fingerprint density at radius 3 is 1.90 bits per heavy atom. The van der Waals surface area contributed by atoms with Crippen LogP contribution in [0, 0.1) is 0 Å². The number of hydrogen-bond acceptors (Lipinski definition) is 4. The highest BCUT2D eigenvalue weighted by molar-refractivity contribution is 7.87. The summed E-state index contributed by atoms with van der Waals surface area (Å²) in [7, 11) is -5.06. The Kier molecular flexibility index (Phi) is 5.98. The Labute approximate surface area is 186 Å². The molecule has 0 aliphatic carbocycles. The van der Waals surface area contributed by atoms with Crippen LogP contribution in [-0.2, 0) is 14.9 Å². The third kappa shape index (κ3) is 3.65. The van der Waals surface area contributed by atoms with Gasteiger partial charge in [0.1, 0.15) is 16.5 Å². The van der Waals surface area contributed by atoms with Gasteiger partial charge in [-0.2, -0.15) is 8.42 Å². The van der Waals surface area contributed by atoms with Gasteiger partial charge in [0.15, 0.2) is 4.75 Å². The average Bonchev–Trinajstić information content (AvgIpc) is 2.64. The molecule has 10 heteroatoms. The third-order valence-corrected chi connectivity index (χ3v) is 7.42. The van der Waals surface area contributed by atoms with Crippen LogP contribution in [0.25, 0.3) is 0 Å². The Morgan fingerprint density at radius 2 is 1.34 bits per heavy atom. The minimum Gasteiger partial charge on any atom is -0.508 e. The Morgan fingerprint density at radius 1 is 0.759 bits per heavy atom. The van der Waals surface area contributed by atoms with Gasteiger partial charge in [0, 0.05) is 10.6 Å². The molecular formula is C19H12Cl4O5S. The fraction of sp³-hybridized carbons (Fsp3) is 0.0526. The Balaban J connectivity index is 2.62. The molecule has 0 amide bonds. The lowest BCUT2D eigenvalue weighted by Gasteiger charge is -2.33. The molecule has 5 nitrogen and oxygen atoms in total. The molecule has 0 bridgehead atoms. The standard InChI is InChI=1S/C19H12Cl4O5S/c20-12-5-1-3-10(7-12)19(29(26,27)28,11-4-2-6-13(24)8-11)14-9-15(25)17(22)18(23)16(14)21/h1-9,24-25H,(H,26,27,28). The van der Waals surface area contributed by atoms with E-state index in [4.69, 9.17) is 46.4 Å². The molecule has 0 radical (unpaired) electrons. The number of phenolic OH excluding ortho intramolecular Hbond substituents is 2. The second kappa shape index (κ2) is 7.87. The van der Waals surface area contributed by atoms with Gasteiger partial charge in [-0.15, -0.1) is 0 Å². The van der Waals surface area contributed by atoms with Crippen LogP contribution in [0.4, 0.5) is 0 Å². The Bertz CT molecular complexity index is 1170. The van der Waals surface area contributed by atoms with Crippen LogP contribution >= 0.6 is 46.4 Å². The van der Waals surface area contributed by atoms with Crippen LogP contribution < -0.4 is 0 Å². The summed E-state index contributed by atoms with van der Waals surface area (Å²) in [6.45, 7) is 0. The van der Waals surface area contributed by atoms with Crippen molar-refractivity contribution in [2.45, 2.75) is 4.75 Å². The normalized spacial score (nSPS) is 13.8. The lowest BCUT2D eigenvalue weighted by Crippen LogP contribution is -2.38. The first kappa shape index (κ1) is 22.0. The van der Waals surface area contributed by atoms with E-state index in [1.165, 1.54) is 42.5 Å². The van der Waals surface area contributed by atoms with Gasteiger partial charge in [-0.1, -0.05) is 70.7 Å². The van der Waals surface area contributed by atoms with Gasteiger partial charge in [0.2, 0.25) is 0 Å². The molecule has 0 aromatic heterocycles. The first-order chi connectivity index (χ1) is 13.5. The fourth-order valence-electron chi connectivity index (χ4n) is 3.19. The van der Waals surface area contributed by atoms with Crippen molar-refractivity contribution in [1.82, 2.24) is 0 Å². The number of hydrogen-bond donors (Lipinski definition) is 3. The van der Waals surface area contributed by atoms with E-state index >= 15 is 0 Å². The largest absolute Gasteiger partial charge is 0.508 e. The van der Waals surface area contributed by atoms with Crippen molar-refractivity contribution < 1.29 is 23.2 Å². The van der Waals surface area contributed by atoms with E-state index in [0.29, 0.717) is 0 Å². The number of halogens is 4. The zero-order valence-corrected chi connectivity index (χ0v) is 18.1. The van der Waals surface area contributed by atoms with Gasteiger partial charge in [-0.3, -0.25) is 4.55 Å². The molecule has 3 N–H and O–H groups in total. The second-order valence-electron chi connectivity index (χ2n) is 6.10. The first-order valence-corrected chi connectivity index (χ1v) is 10.8. The van der Waals surface area contributed by atoms with Crippen molar-refractivity contribution in [3.05, 3.63) is 91.4 Å². The summed E-state index contributed by atoms with van der Waals surface area (Å²) in [5, 5.41) is 19.5. The molecule has 0 saturated carbocycles. The lowest BCUT2D eigenvalue weighted by molar-refractivity contribution is 0.455. The van der Waals surface area contributed by atoms with Gasteiger partial charge in [-0.25, -0.2) is 0 Å². The molecule has 0 spiro atoms. The molecule has 0 aliphatic heterocycles. The van der Waals surface area contributed by atoms with Crippen molar-refractivity contribution >= 4 is 56.5 Å². The molecule has 152 valence electrons. The topological polar surface area (TPSA) is 94.8 Å². The van der Waals surface area contributed by atoms with Gasteiger partial charge >= 0.3 is 0 Å². The van der Waals surface area contributed by atoms with Crippen LogP contribution in [-0.4, -0.2) is 23.2 Å². The van der Waals surface area contributed by atoms with Crippen LogP contribution in [0.15, 0.2) is 54.6 Å². The van der Waals surface area contributed by atoms with E-state index in [-0.39, 0.29) is 42.5 Å². The number of phenols is 2. The van der Waals surface area contributed by atoms with Crippen molar-refractivity contribution in [1.29, 1.82) is 0 Å². The summed E-state index contributed by atoms with van der Waals surface area (Å²) in [6, 6.07) is 11.9. The predicted octanol–water partition coefficient (Wildman–Crippen LogP) is 5.89. The quantitative estimate of drug-likeness (QED) is 0.239. The molecule has 3 aromatic rings. The molecule has 0 fully saturated rings. The SMILES string of the molecule is O=S(=O)(O)C(c1cccc(O)c1)(c1cccc(Cl)c1)c1cc(O)c(Cl)c(Cl)c1Cl. The minimum atomic E-state index is -5.06. The van der Waals surface area contributed by atoms with Crippen molar-refractivity contribution in [3.8, 4) is 11.5 Å². The Hall–Kier alpha value is -1.67. The zero-order chi connectivity index (χ0) is 21.6. The van der Waals surface area contributed by atoms with Crippen LogP contribution in [0.3, 0.4) is 0 Å². The van der Waals surface area contributed by atoms with Crippen LogP contribution in [0.5, 0.6) is 11.5 Å². The van der Waals surface area contributed by atoms with Crippen molar-refractivity contribution in [2.24, 2.45) is 0 Å². The highest BCUT2D eigenvalue weighted by Gasteiger charge is 2.50. The van der Waals surface area contributed by atoms with Crippen LogP contribution in [0.2, 0.25) is 20.1 Å². The molecule has 1 atom stereocenters. The lowest BCUT2D eigenvalue weighted by atomic mass is 9.83. The van der Waals surface area contributed by atoms with Crippen molar-refractivity contribution in [2.75, 3.05) is 0 Å². The van der Waals surface area contributed by atoms with Crippen LogP contribution in [0.1, 0.15) is 16.7 Å². The van der Waals surface area contributed by atoms with Gasteiger partial charge < -0.3 is 10.2 Å². The van der Waals surface area contributed by atoms with E-state index in [1.807, 2.05) is 0 Å². The predicted molar refractivity (Wildman–Crippen MR) is 114 cm³/mol. The van der Waals surface area contributed by atoms with Gasteiger partial charge in [0.25, 0.3) is 10.1 Å². The van der Waals surface area contributed by atoms with Gasteiger partial charge in [0.05, 0.1) is 10.0 Å². The molecule has 0 aliphatic rings. The van der Waals surface area contributed by atoms with E-state index in [0.717, 1.165) is 12.1 Å². The molecule has 0 heterocycles. The van der Waals surface area contributed by atoms with Crippen molar-refractivity contribution in [3.63, 3.8) is 0 Å². The molecule has 1 unspecified atom stereocenters. The average molecular weight is 494 g/mol. The number of benzene rings is 3. The summed E-state index contributed by atoms with van der Waals surface area (Å²) in [5.74, 6) is -0.816. The monoisotopic (exact) mass is 492 g/mol. The number of rotatable bonds is 4. The summed E-state index contributed by atoms with van der Waals surface area (Å²) >= 11 is 24.4. The number of aromatic hydroxyl groups is 2. The maximum atomic E-state index is 13.0. The molecule has 3 aromatic carbocycles. The van der Waals surface area contributed by atoms with Gasteiger partial charge in [-0.05, 0) is 41.5 Å². The van der Waals surface area contributed by atoms with E-state index in [1.54, 1.807) is 0 Å². The highest BCUT2D eigenvalue weighted by atomic mass is 35.5. The maximum absolute atomic E-state index is 13.0. The zero-order valence-electron chi connectivity index (χ0n) is 14.3. The van der Waals surface area contributed by atoms with E-state index in [9.17, 15) is 23.2 Å². The first-order valence-electron chi connectivity index (χ1n) is 7.89. The minimum absolute atomic E-state index is 0.00205. The summed E-state index contributed by atoms with van der Waals surface area (Å²) in [4.78, 5) is 0. The smallest absolute Gasteiger partial charge is 0.283 e. The molecule has 3 rings (SSSR count). The maximum Gasteiger partial charge on any atom is 0.283 e. The summed E-state index contributed by atoms with van der Waals surface area (Å²) in [6.07, 6.45) is 0. The molecule has 0 saturated heterocycles. The second-order valence-corrected chi connectivity index (χ2v) is 9.23. The third-order valence-electron chi connectivity index (χ3n) is 4.38. The summed E-state index contributed by atoms with van der Waals surface area (Å²) < 4.78 is 34.0. The van der Waals surface area contributed by atoms with E-state index < -0.39 is 20.6 Å². The summed E-state index contributed by atoms with van der Waals surface area (Å²) in [5.41, 5.74) is -0.346. The van der Waals surface area contributed by atoms with E-state index in [2.05, 4.69) is 0 Å². The molecular weight excluding hydrogens is 482 g/mol.